The van der Waals surface area contributed by atoms with Crippen molar-refractivity contribution >= 4 is 23.6 Å². The first-order valence-electron chi connectivity index (χ1n) is 12.7. The van der Waals surface area contributed by atoms with Crippen molar-refractivity contribution < 1.29 is 41.8 Å². The van der Waals surface area contributed by atoms with Crippen LogP contribution in [0.3, 0.4) is 0 Å². The predicted molar refractivity (Wildman–Crippen MR) is 137 cm³/mol. The number of halogens is 3. The third-order valence-electron chi connectivity index (χ3n) is 6.47. The van der Waals surface area contributed by atoms with Gasteiger partial charge in [-0.15, -0.1) is 0 Å². The van der Waals surface area contributed by atoms with Gasteiger partial charge in [-0.25, -0.2) is 9.78 Å². The number of aromatic nitrogens is 1. The van der Waals surface area contributed by atoms with Crippen molar-refractivity contribution in [2.75, 3.05) is 25.5 Å². The SMILES string of the molecule is CN1C(=O)c2cc(NC(=O)c3ccc(C(F)(F)F)cc3)cnc2OC[C@@H]2O[C@H](CNC(=O)OC(C)(C)C)CC[C@@H]21. The van der Waals surface area contributed by atoms with Gasteiger partial charge in [-0.3, -0.25) is 9.59 Å². The molecule has 2 aromatic rings. The minimum Gasteiger partial charge on any atom is -0.474 e. The summed E-state index contributed by atoms with van der Waals surface area (Å²) in [5.74, 6) is -0.994. The monoisotopic (exact) mass is 564 g/mol. The average Bonchev–Trinajstić information content (AvgIpc) is 2.88. The number of amides is 3. The van der Waals surface area contributed by atoms with E-state index in [1.54, 1.807) is 32.7 Å². The molecule has 0 spiro atoms. The molecule has 0 saturated carbocycles. The number of ether oxygens (including phenoxy) is 3. The van der Waals surface area contributed by atoms with Gasteiger partial charge in [0.05, 0.1) is 29.6 Å². The lowest BCUT2D eigenvalue weighted by atomic mass is 9.96. The van der Waals surface area contributed by atoms with E-state index in [0.717, 1.165) is 24.3 Å². The first-order chi connectivity index (χ1) is 18.7. The van der Waals surface area contributed by atoms with Crippen LogP contribution in [-0.2, 0) is 15.7 Å². The van der Waals surface area contributed by atoms with Crippen molar-refractivity contribution in [2.24, 2.45) is 0 Å². The molecule has 1 aromatic carbocycles. The second kappa shape index (κ2) is 11.3. The molecule has 0 aliphatic carbocycles. The maximum absolute atomic E-state index is 13.4. The zero-order chi connectivity index (χ0) is 29.2. The molecule has 0 unspecified atom stereocenters. The first kappa shape index (κ1) is 29.1. The number of anilines is 1. The molecule has 1 saturated heterocycles. The van der Waals surface area contributed by atoms with E-state index >= 15 is 0 Å². The highest BCUT2D eigenvalue weighted by Gasteiger charge is 2.39. The fourth-order valence-electron chi connectivity index (χ4n) is 4.51. The number of hydrogen-bond acceptors (Lipinski definition) is 7. The molecule has 2 N–H and O–H groups in total. The molecule has 3 heterocycles. The quantitative estimate of drug-likeness (QED) is 0.570. The number of rotatable bonds is 4. The fraction of sp³-hybridized carbons (Fsp3) is 0.481. The first-order valence-corrected chi connectivity index (χ1v) is 12.7. The van der Waals surface area contributed by atoms with Crippen LogP contribution in [0.15, 0.2) is 36.5 Å². The van der Waals surface area contributed by atoms with Gasteiger partial charge in [0.15, 0.2) is 0 Å². The maximum atomic E-state index is 13.4. The van der Waals surface area contributed by atoms with Gasteiger partial charge < -0.3 is 29.7 Å². The highest BCUT2D eigenvalue weighted by molar-refractivity contribution is 6.05. The van der Waals surface area contributed by atoms with Crippen molar-refractivity contribution in [3.8, 4) is 5.88 Å². The Morgan fingerprint density at radius 2 is 1.85 bits per heavy atom. The average molecular weight is 565 g/mol. The Bertz CT molecular complexity index is 1260. The zero-order valence-electron chi connectivity index (χ0n) is 22.5. The normalized spacial score (nSPS) is 21.2. The Morgan fingerprint density at radius 1 is 1.15 bits per heavy atom. The summed E-state index contributed by atoms with van der Waals surface area (Å²) < 4.78 is 55.7. The zero-order valence-corrected chi connectivity index (χ0v) is 22.5. The molecule has 40 heavy (non-hydrogen) atoms. The van der Waals surface area contributed by atoms with E-state index in [2.05, 4.69) is 15.6 Å². The van der Waals surface area contributed by atoms with Crippen LogP contribution in [0.1, 0.15) is 59.9 Å². The van der Waals surface area contributed by atoms with Crippen LogP contribution >= 0.6 is 0 Å². The van der Waals surface area contributed by atoms with Crippen LogP contribution < -0.4 is 15.4 Å². The van der Waals surface area contributed by atoms with E-state index in [-0.39, 0.29) is 48.0 Å². The van der Waals surface area contributed by atoms with E-state index in [9.17, 15) is 27.6 Å². The van der Waals surface area contributed by atoms with Crippen molar-refractivity contribution in [3.63, 3.8) is 0 Å². The van der Waals surface area contributed by atoms with Crippen LogP contribution in [0.2, 0.25) is 0 Å². The number of benzene rings is 1. The number of carbonyl (C=O) groups excluding carboxylic acids is 3. The van der Waals surface area contributed by atoms with E-state index < -0.39 is 41.4 Å². The van der Waals surface area contributed by atoms with Crippen LogP contribution in [0.5, 0.6) is 5.88 Å². The van der Waals surface area contributed by atoms with Crippen molar-refractivity contribution in [1.82, 2.24) is 15.2 Å². The number of nitrogens with zero attached hydrogens (tertiary/aromatic N) is 2. The summed E-state index contributed by atoms with van der Waals surface area (Å²) in [6, 6.07) is 4.90. The molecule has 0 bridgehead atoms. The van der Waals surface area contributed by atoms with Crippen LogP contribution in [0.4, 0.5) is 23.7 Å². The lowest BCUT2D eigenvalue weighted by Gasteiger charge is -2.42. The molecule has 4 rings (SSSR count). The summed E-state index contributed by atoms with van der Waals surface area (Å²) in [6.45, 7) is 5.66. The summed E-state index contributed by atoms with van der Waals surface area (Å²) >= 11 is 0. The maximum Gasteiger partial charge on any atom is 0.416 e. The van der Waals surface area contributed by atoms with Crippen molar-refractivity contribution in [2.45, 2.75) is 63.6 Å². The number of carbonyl (C=O) groups is 3. The molecule has 3 atom stereocenters. The van der Waals surface area contributed by atoms with Crippen molar-refractivity contribution in [1.29, 1.82) is 0 Å². The molecular formula is C27H31F3N4O6. The third kappa shape index (κ3) is 7.00. The summed E-state index contributed by atoms with van der Waals surface area (Å²) in [5, 5.41) is 5.27. The van der Waals surface area contributed by atoms with E-state index in [1.807, 2.05) is 0 Å². The Balaban J connectivity index is 1.42. The van der Waals surface area contributed by atoms with Crippen LogP contribution in [0, 0.1) is 0 Å². The van der Waals surface area contributed by atoms with Gasteiger partial charge in [0.25, 0.3) is 11.8 Å². The second-order valence-corrected chi connectivity index (χ2v) is 10.7. The topological polar surface area (TPSA) is 119 Å². The Morgan fingerprint density at radius 3 is 2.50 bits per heavy atom. The van der Waals surface area contributed by atoms with Crippen molar-refractivity contribution in [3.05, 3.63) is 53.2 Å². The summed E-state index contributed by atoms with van der Waals surface area (Å²) in [7, 11) is 1.64. The highest BCUT2D eigenvalue weighted by atomic mass is 19.4. The number of alkyl halides is 3. The standard InChI is InChI=1S/C27H31F3N4O6/c1-26(2,3)40-25(37)32-13-18-9-10-20-21(39-18)14-38-23-19(24(36)34(20)4)11-17(12-31-23)33-22(35)15-5-7-16(8-6-15)27(28,29)30/h5-8,11-12,18,20-21H,9-10,13-14H2,1-4H3,(H,32,37)(H,33,35)/t18-,20-,21-/m0/s1. The number of pyridine rings is 1. The van der Waals surface area contributed by atoms with Gasteiger partial charge in [-0.05, 0) is 63.9 Å². The molecule has 2 aliphatic rings. The van der Waals surface area contributed by atoms with Gasteiger partial charge in [-0.1, -0.05) is 0 Å². The fourth-order valence-corrected chi connectivity index (χ4v) is 4.51. The minimum absolute atomic E-state index is 0.0114. The second-order valence-electron chi connectivity index (χ2n) is 10.7. The van der Waals surface area contributed by atoms with Gasteiger partial charge in [0.2, 0.25) is 5.88 Å². The Hall–Kier alpha value is -3.87. The Kier molecular flexibility index (Phi) is 8.24. The molecular weight excluding hydrogens is 533 g/mol. The molecule has 10 nitrogen and oxygen atoms in total. The van der Waals surface area contributed by atoms with Gasteiger partial charge in [-0.2, -0.15) is 13.2 Å². The predicted octanol–water partition coefficient (Wildman–Crippen LogP) is 4.26. The number of likely N-dealkylation sites (N-methyl/N-ethyl adjacent to an activating group) is 1. The lowest BCUT2D eigenvalue weighted by Crippen LogP contribution is -2.55. The lowest BCUT2D eigenvalue weighted by molar-refractivity contribution is -0.137. The van der Waals surface area contributed by atoms with Crippen LogP contribution in [0.25, 0.3) is 0 Å². The number of alkyl carbamates (subject to hydrolysis) is 1. The molecule has 3 amide bonds. The molecule has 13 heteroatoms. The van der Waals surface area contributed by atoms with E-state index in [4.69, 9.17) is 14.2 Å². The van der Waals surface area contributed by atoms with Gasteiger partial charge in [0, 0.05) is 19.2 Å². The molecule has 2 aliphatic heterocycles. The van der Waals surface area contributed by atoms with Gasteiger partial charge in [0.1, 0.15) is 23.9 Å². The number of nitrogens with one attached hydrogen (secondary N) is 2. The summed E-state index contributed by atoms with van der Waals surface area (Å²) in [5.41, 5.74) is -1.17. The number of hydrogen-bond donors (Lipinski definition) is 2. The molecule has 216 valence electrons. The van der Waals surface area contributed by atoms with Gasteiger partial charge >= 0.3 is 12.3 Å². The number of fused-ring (bicyclic) bond motifs is 2. The van der Waals surface area contributed by atoms with E-state index in [1.165, 1.54) is 12.3 Å². The van der Waals surface area contributed by atoms with E-state index in [0.29, 0.717) is 12.8 Å². The minimum atomic E-state index is -4.51. The largest absolute Gasteiger partial charge is 0.474 e. The van der Waals surface area contributed by atoms with Crippen LogP contribution in [-0.4, -0.2) is 71.8 Å². The highest BCUT2D eigenvalue weighted by Crippen LogP contribution is 2.31. The Labute approximate surface area is 229 Å². The molecule has 0 radical (unpaired) electrons. The summed E-state index contributed by atoms with van der Waals surface area (Å²) in [4.78, 5) is 43.7. The third-order valence-corrected chi connectivity index (χ3v) is 6.47. The molecule has 1 fully saturated rings. The summed E-state index contributed by atoms with van der Waals surface area (Å²) in [6.07, 6.45) is -3.34. The smallest absolute Gasteiger partial charge is 0.416 e. The molecule has 1 aromatic heterocycles.